The van der Waals surface area contributed by atoms with Gasteiger partial charge >= 0.3 is 6.03 Å². The first-order valence-electron chi connectivity index (χ1n) is 7.15. The molecule has 0 radical (unpaired) electrons. The van der Waals surface area contributed by atoms with E-state index in [9.17, 15) is 14.4 Å². The van der Waals surface area contributed by atoms with E-state index in [1.807, 2.05) is 19.1 Å². The largest absolute Gasteiger partial charge is 0.327 e. The molecule has 0 bridgehead atoms. The lowest BCUT2D eigenvalue weighted by atomic mass is 10.2. The summed E-state index contributed by atoms with van der Waals surface area (Å²) in [5.74, 6) is -0.630. The molecule has 3 rings (SSSR count). The van der Waals surface area contributed by atoms with Gasteiger partial charge in [0.2, 0.25) is 5.91 Å². The Morgan fingerprint density at radius 3 is 2.86 bits per heavy atom. The summed E-state index contributed by atoms with van der Waals surface area (Å²) in [4.78, 5) is 39.0. The molecule has 1 unspecified atom stereocenters. The lowest BCUT2D eigenvalue weighted by molar-refractivity contribution is -0.131. The molecule has 2 heterocycles. The highest BCUT2D eigenvalue weighted by molar-refractivity contribution is 9.10. The van der Waals surface area contributed by atoms with Crippen LogP contribution in [0.4, 0.5) is 10.5 Å². The van der Waals surface area contributed by atoms with E-state index in [1.165, 1.54) is 0 Å². The molecule has 4 amide bonds. The van der Waals surface area contributed by atoms with E-state index in [4.69, 9.17) is 0 Å². The highest BCUT2D eigenvalue weighted by atomic mass is 79.9. The molecule has 2 fully saturated rings. The summed E-state index contributed by atoms with van der Waals surface area (Å²) in [6.07, 6.45) is 1.54. The molecule has 1 aromatic carbocycles. The van der Waals surface area contributed by atoms with Crippen LogP contribution in [-0.4, -0.2) is 46.8 Å². The van der Waals surface area contributed by atoms with Crippen molar-refractivity contribution in [1.29, 1.82) is 0 Å². The molecule has 116 valence electrons. The number of aryl methyl sites for hydroxylation is 1. The second-order valence-corrected chi connectivity index (χ2v) is 6.42. The summed E-state index contributed by atoms with van der Waals surface area (Å²) >= 11 is 3.39. The van der Waals surface area contributed by atoms with Gasteiger partial charge in [0.05, 0.1) is 0 Å². The van der Waals surface area contributed by atoms with Gasteiger partial charge in [-0.25, -0.2) is 4.79 Å². The third-order valence-corrected chi connectivity index (χ3v) is 4.91. The van der Waals surface area contributed by atoms with Crippen molar-refractivity contribution >= 4 is 39.5 Å². The average molecular weight is 366 g/mol. The maximum atomic E-state index is 12.2. The number of urea groups is 1. The number of rotatable bonds is 3. The van der Waals surface area contributed by atoms with Crippen molar-refractivity contribution in [3.8, 4) is 0 Å². The van der Waals surface area contributed by atoms with E-state index in [2.05, 4.69) is 21.2 Å². The van der Waals surface area contributed by atoms with Crippen LogP contribution in [-0.2, 0) is 9.59 Å². The Kier molecular flexibility index (Phi) is 3.90. The first-order valence-corrected chi connectivity index (χ1v) is 7.94. The number of carbonyl (C=O) groups is 3. The number of halogens is 1. The van der Waals surface area contributed by atoms with Crippen molar-refractivity contribution in [2.75, 3.05) is 18.4 Å². The molecule has 22 heavy (non-hydrogen) atoms. The predicted molar refractivity (Wildman–Crippen MR) is 84.3 cm³/mol. The number of carbonyl (C=O) groups excluding carboxylic acids is 3. The van der Waals surface area contributed by atoms with Gasteiger partial charge in [0.15, 0.2) is 0 Å². The molecule has 1 N–H and O–H groups in total. The molecule has 0 aromatic heterocycles. The molecule has 0 aliphatic carbocycles. The highest BCUT2D eigenvalue weighted by Crippen LogP contribution is 2.27. The van der Waals surface area contributed by atoms with Gasteiger partial charge in [-0.15, -0.1) is 0 Å². The molecule has 1 aromatic rings. The van der Waals surface area contributed by atoms with Crippen molar-refractivity contribution < 1.29 is 14.4 Å². The molecular formula is C15H16BrN3O3. The maximum absolute atomic E-state index is 12.2. The van der Waals surface area contributed by atoms with Crippen LogP contribution in [0.3, 0.4) is 0 Å². The summed E-state index contributed by atoms with van der Waals surface area (Å²) in [6.45, 7) is 2.28. The monoisotopic (exact) mass is 365 g/mol. The Labute approximate surface area is 136 Å². The van der Waals surface area contributed by atoms with E-state index in [-0.39, 0.29) is 30.4 Å². The Balaban J connectivity index is 1.66. The first-order chi connectivity index (χ1) is 10.5. The highest BCUT2D eigenvalue weighted by Gasteiger charge is 2.47. The number of benzene rings is 1. The summed E-state index contributed by atoms with van der Waals surface area (Å²) in [5.41, 5.74) is 1.64. The van der Waals surface area contributed by atoms with Crippen LogP contribution in [0.25, 0.3) is 0 Å². The molecule has 0 saturated carbocycles. The number of nitrogens with zero attached hydrogens (tertiary/aromatic N) is 2. The number of hydrogen-bond acceptors (Lipinski definition) is 3. The lowest BCUT2D eigenvalue weighted by Gasteiger charge is -2.15. The summed E-state index contributed by atoms with van der Waals surface area (Å²) in [5, 5.41) is 2.72. The van der Waals surface area contributed by atoms with Crippen LogP contribution in [0.1, 0.15) is 18.4 Å². The normalized spacial score (nSPS) is 20.5. The van der Waals surface area contributed by atoms with E-state index in [0.717, 1.165) is 21.4 Å². The fraction of sp³-hybridized carbons (Fsp3) is 0.400. The first kappa shape index (κ1) is 15.0. The zero-order valence-electron chi connectivity index (χ0n) is 12.1. The quantitative estimate of drug-likeness (QED) is 0.834. The molecule has 7 heteroatoms. The SMILES string of the molecule is Cc1cc(NC(=O)CN2C(=O)C3CCCN3C2=O)ccc1Br. The van der Waals surface area contributed by atoms with Gasteiger partial charge in [-0.1, -0.05) is 15.9 Å². The second-order valence-electron chi connectivity index (χ2n) is 5.57. The Morgan fingerprint density at radius 1 is 1.41 bits per heavy atom. The third kappa shape index (κ3) is 2.61. The molecule has 6 nitrogen and oxygen atoms in total. The average Bonchev–Trinajstić information content (AvgIpc) is 3.03. The van der Waals surface area contributed by atoms with Gasteiger partial charge in [-0.2, -0.15) is 0 Å². The van der Waals surface area contributed by atoms with Gasteiger partial charge in [0.25, 0.3) is 5.91 Å². The van der Waals surface area contributed by atoms with Gasteiger partial charge in [0, 0.05) is 16.7 Å². The van der Waals surface area contributed by atoms with E-state index in [0.29, 0.717) is 18.7 Å². The summed E-state index contributed by atoms with van der Waals surface area (Å²) in [7, 11) is 0. The minimum atomic E-state index is -0.371. The van der Waals surface area contributed by atoms with Crippen LogP contribution in [0, 0.1) is 6.92 Å². The number of nitrogens with one attached hydrogen (secondary N) is 1. The van der Waals surface area contributed by atoms with Crippen LogP contribution in [0.15, 0.2) is 22.7 Å². The maximum Gasteiger partial charge on any atom is 0.327 e. The van der Waals surface area contributed by atoms with Gasteiger partial charge in [0.1, 0.15) is 12.6 Å². The fourth-order valence-corrected chi connectivity index (χ4v) is 3.14. The van der Waals surface area contributed by atoms with Crippen molar-refractivity contribution in [2.24, 2.45) is 0 Å². The van der Waals surface area contributed by atoms with E-state index >= 15 is 0 Å². The number of amides is 4. The van der Waals surface area contributed by atoms with Crippen molar-refractivity contribution in [2.45, 2.75) is 25.8 Å². The van der Waals surface area contributed by atoms with Gasteiger partial charge < -0.3 is 10.2 Å². The number of imide groups is 1. The molecular weight excluding hydrogens is 350 g/mol. The topological polar surface area (TPSA) is 69.7 Å². The number of anilines is 1. The lowest BCUT2D eigenvalue weighted by Crippen LogP contribution is -2.39. The van der Waals surface area contributed by atoms with Crippen LogP contribution in [0.5, 0.6) is 0 Å². The molecule has 1 atom stereocenters. The second kappa shape index (κ2) is 5.72. The smallest absolute Gasteiger partial charge is 0.325 e. The predicted octanol–water partition coefficient (Wildman–Crippen LogP) is 2.12. The van der Waals surface area contributed by atoms with Crippen molar-refractivity contribution in [1.82, 2.24) is 9.80 Å². The minimum absolute atomic E-state index is 0.236. The molecule has 0 spiro atoms. The Hall–Kier alpha value is -1.89. The molecule has 2 saturated heterocycles. The third-order valence-electron chi connectivity index (χ3n) is 4.02. The standard InChI is InChI=1S/C15H16BrN3O3/c1-9-7-10(4-5-11(9)16)17-13(20)8-19-14(21)12-3-2-6-18(12)15(19)22/h4-5,7,12H,2-3,6,8H2,1H3,(H,17,20). The zero-order chi connectivity index (χ0) is 15.9. The summed E-state index contributed by atoms with van der Waals surface area (Å²) < 4.78 is 0.955. The zero-order valence-corrected chi connectivity index (χ0v) is 13.7. The number of fused-ring (bicyclic) bond motifs is 1. The van der Waals surface area contributed by atoms with Crippen LogP contribution < -0.4 is 5.32 Å². The van der Waals surface area contributed by atoms with E-state index < -0.39 is 0 Å². The van der Waals surface area contributed by atoms with E-state index in [1.54, 1.807) is 11.0 Å². The van der Waals surface area contributed by atoms with Crippen molar-refractivity contribution in [3.63, 3.8) is 0 Å². The fourth-order valence-electron chi connectivity index (χ4n) is 2.89. The van der Waals surface area contributed by atoms with Crippen LogP contribution in [0.2, 0.25) is 0 Å². The van der Waals surface area contributed by atoms with Crippen LogP contribution >= 0.6 is 15.9 Å². The van der Waals surface area contributed by atoms with Gasteiger partial charge in [-0.3, -0.25) is 14.5 Å². The Morgan fingerprint density at radius 2 is 2.18 bits per heavy atom. The molecule has 2 aliphatic rings. The molecule has 2 aliphatic heterocycles. The minimum Gasteiger partial charge on any atom is -0.325 e. The number of hydrogen-bond donors (Lipinski definition) is 1. The summed E-state index contributed by atoms with van der Waals surface area (Å²) in [6, 6.07) is 4.71. The Bertz CT molecular complexity index is 639. The van der Waals surface area contributed by atoms with Gasteiger partial charge in [-0.05, 0) is 43.5 Å². The van der Waals surface area contributed by atoms with Crippen molar-refractivity contribution in [3.05, 3.63) is 28.2 Å².